The third-order valence-electron chi connectivity index (χ3n) is 9.32. The van der Waals surface area contributed by atoms with Gasteiger partial charge < -0.3 is 19.2 Å². The number of nitrogens with one attached hydrogen (secondary N) is 1. The minimum Gasteiger partial charge on any atom is -0.482 e. The Morgan fingerprint density at radius 3 is 2.40 bits per heavy atom. The van der Waals surface area contributed by atoms with Gasteiger partial charge in [-0.15, -0.1) is 11.8 Å². The fourth-order valence-corrected chi connectivity index (χ4v) is 11.1. The molecule has 7 rings (SSSR count). The molecule has 234 valence electrons. The molecule has 3 heterocycles. The summed E-state index contributed by atoms with van der Waals surface area (Å²) in [7, 11) is 0. The van der Waals surface area contributed by atoms with E-state index in [0.717, 1.165) is 37.7 Å². The van der Waals surface area contributed by atoms with Crippen LogP contribution in [0.4, 0.5) is 5.69 Å². The summed E-state index contributed by atoms with van der Waals surface area (Å²) in [6.45, 7) is 3.68. The van der Waals surface area contributed by atoms with Gasteiger partial charge in [0.15, 0.2) is 6.61 Å². The van der Waals surface area contributed by atoms with E-state index in [9.17, 15) is 24.0 Å². The molecule has 4 unspecified atom stereocenters. The maximum absolute atomic E-state index is 14.1. The summed E-state index contributed by atoms with van der Waals surface area (Å²) in [6.07, 6.45) is 0.730. The Morgan fingerprint density at radius 1 is 0.978 bits per heavy atom. The van der Waals surface area contributed by atoms with Crippen LogP contribution in [0.25, 0.3) is 0 Å². The normalized spacial score (nSPS) is 27.6. The first kappa shape index (κ1) is 30.2. The predicted molar refractivity (Wildman–Crippen MR) is 170 cm³/mol. The quantitative estimate of drug-likeness (QED) is 0.253. The van der Waals surface area contributed by atoms with E-state index in [-0.39, 0.29) is 65.4 Å². The lowest BCUT2D eigenvalue weighted by atomic mass is 9.68. The van der Waals surface area contributed by atoms with Crippen LogP contribution >= 0.6 is 39.0 Å². The number of amides is 2. The van der Waals surface area contributed by atoms with Crippen LogP contribution in [0, 0.1) is 29.6 Å². The Balaban J connectivity index is 1.25. The van der Waals surface area contributed by atoms with Crippen LogP contribution in [0.3, 0.4) is 0 Å². The molecule has 3 aromatic rings. The molecule has 2 aliphatic carbocycles. The first-order valence-corrected chi connectivity index (χ1v) is 17.3. The van der Waals surface area contributed by atoms with Gasteiger partial charge in [-0.25, -0.2) is 9.59 Å². The molecule has 0 spiro atoms. The second-order valence-electron chi connectivity index (χ2n) is 11.5. The van der Waals surface area contributed by atoms with Crippen molar-refractivity contribution in [3.8, 4) is 5.75 Å². The number of benzene rings is 2. The number of ether oxygens (including phenoxy) is 3. The highest BCUT2D eigenvalue weighted by molar-refractivity contribution is 9.10. The number of nitrogens with zero attached hydrogens (tertiary/aromatic N) is 1. The minimum atomic E-state index is -0.496. The molecule has 2 saturated carbocycles. The molecule has 2 bridgehead atoms. The summed E-state index contributed by atoms with van der Waals surface area (Å²) in [5.41, 5.74) is 1.59. The molecule has 13 heteroatoms. The minimum absolute atomic E-state index is 0.0150. The number of fused-ring (bicyclic) bond motifs is 9. The topological polar surface area (TPSA) is 132 Å². The number of H-pyrrole nitrogens is 1. The van der Waals surface area contributed by atoms with E-state index < -0.39 is 23.8 Å². The molecule has 7 atom stereocenters. The van der Waals surface area contributed by atoms with Gasteiger partial charge >= 0.3 is 16.8 Å². The summed E-state index contributed by atoms with van der Waals surface area (Å²) in [5.74, 6) is -2.37. The summed E-state index contributed by atoms with van der Waals surface area (Å²) in [6, 6.07) is 12.0. The number of halogens is 1. The van der Waals surface area contributed by atoms with Crippen molar-refractivity contribution in [1.29, 1.82) is 0 Å². The van der Waals surface area contributed by atoms with E-state index >= 15 is 0 Å². The zero-order chi connectivity index (χ0) is 31.6. The predicted octanol–water partition coefficient (Wildman–Crippen LogP) is 5.00. The molecule has 3 fully saturated rings. The van der Waals surface area contributed by atoms with Crippen LogP contribution in [-0.2, 0) is 23.9 Å². The van der Waals surface area contributed by atoms with Crippen LogP contribution in [-0.4, -0.2) is 53.8 Å². The molecule has 45 heavy (non-hydrogen) atoms. The van der Waals surface area contributed by atoms with Crippen molar-refractivity contribution < 1.29 is 33.4 Å². The zero-order valence-electron chi connectivity index (χ0n) is 24.3. The van der Waals surface area contributed by atoms with Gasteiger partial charge in [0.05, 0.1) is 41.3 Å². The molecular weight excluding hydrogens is 684 g/mol. The number of aromatic amines is 1. The summed E-state index contributed by atoms with van der Waals surface area (Å²) in [5, 5.41) is 0.763. The first-order chi connectivity index (χ1) is 21.7. The molecule has 0 radical (unpaired) electrons. The number of imide groups is 1. The summed E-state index contributed by atoms with van der Waals surface area (Å²) in [4.78, 5) is 70.1. The number of aromatic nitrogens is 1. The Hall–Kier alpha value is -3.42. The van der Waals surface area contributed by atoms with E-state index in [1.54, 1.807) is 55.9 Å². The Labute approximate surface area is 274 Å². The number of thiazole rings is 1. The van der Waals surface area contributed by atoms with Crippen molar-refractivity contribution in [2.24, 2.45) is 29.6 Å². The summed E-state index contributed by atoms with van der Waals surface area (Å²) >= 11 is 6.34. The van der Waals surface area contributed by atoms with Gasteiger partial charge in [-0.3, -0.25) is 19.3 Å². The zero-order valence-corrected chi connectivity index (χ0v) is 27.5. The number of esters is 2. The van der Waals surface area contributed by atoms with Crippen LogP contribution in [0.2, 0.25) is 0 Å². The highest BCUT2D eigenvalue weighted by Crippen LogP contribution is 2.69. The molecular formula is C32H29BrN2O8S2. The summed E-state index contributed by atoms with van der Waals surface area (Å²) < 4.78 is 17.0. The average Bonchev–Trinajstić information content (AvgIpc) is 3.75. The van der Waals surface area contributed by atoms with Crippen LogP contribution in [0.15, 0.2) is 56.8 Å². The van der Waals surface area contributed by atoms with E-state index in [2.05, 4.69) is 20.9 Å². The Morgan fingerprint density at radius 2 is 1.69 bits per heavy atom. The standard InChI is InChI=1S/C32H29BrN2O8S2/c1-3-41-21(36)13-43-20-10-7-15(33)11-17(20)22-23-18-12-19(26(23)44-28-27(22)45-32(40)34-28)25-24(18)29(37)35(30(25)38)16-8-5-14(6-9-16)31(39)42-4-2/h5-11,18-19,22-26H,3-4,12-13H2,1-2H3,(H,34,40)/t18-,19-,22-,23?,24?,25?,26?/m1/s1. The largest absolute Gasteiger partial charge is 0.482 e. The van der Waals surface area contributed by atoms with E-state index in [1.165, 1.54) is 4.90 Å². The smallest absolute Gasteiger partial charge is 0.344 e. The second kappa shape index (κ2) is 11.7. The van der Waals surface area contributed by atoms with Crippen molar-refractivity contribution in [2.45, 2.75) is 36.5 Å². The van der Waals surface area contributed by atoms with Gasteiger partial charge in [-0.1, -0.05) is 27.3 Å². The number of hydrogen-bond acceptors (Lipinski definition) is 10. The molecule has 1 saturated heterocycles. The highest BCUT2D eigenvalue weighted by atomic mass is 79.9. The maximum Gasteiger partial charge on any atom is 0.344 e. The van der Waals surface area contributed by atoms with Crippen LogP contribution in [0.5, 0.6) is 5.75 Å². The Kier molecular flexibility index (Phi) is 7.89. The lowest BCUT2D eigenvalue weighted by Gasteiger charge is -2.43. The Bertz CT molecular complexity index is 1770. The van der Waals surface area contributed by atoms with Crippen molar-refractivity contribution in [3.05, 3.63) is 72.6 Å². The molecule has 4 aliphatic rings. The van der Waals surface area contributed by atoms with E-state index in [1.807, 2.05) is 12.1 Å². The molecule has 1 N–H and O–H groups in total. The first-order valence-electron chi connectivity index (χ1n) is 14.8. The van der Waals surface area contributed by atoms with Crippen LogP contribution in [0.1, 0.15) is 47.0 Å². The average molecular weight is 714 g/mol. The van der Waals surface area contributed by atoms with Crippen molar-refractivity contribution in [2.75, 3.05) is 24.7 Å². The van der Waals surface area contributed by atoms with Gasteiger partial charge in [0.2, 0.25) is 11.8 Å². The second-order valence-corrected chi connectivity index (χ2v) is 14.6. The van der Waals surface area contributed by atoms with E-state index in [4.69, 9.17) is 14.2 Å². The monoisotopic (exact) mass is 712 g/mol. The van der Waals surface area contributed by atoms with E-state index in [0.29, 0.717) is 17.0 Å². The third-order valence-corrected chi connectivity index (χ3v) is 12.4. The number of carbonyl (C=O) groups is 4. The number of carbonyl (C=O) groups excluding carboxylic acids is 4. The lowest BCUT2D eigenvalue weighted by Crippen LogP contribution is -2.42. The van der Waals surface area contributed by atoms with Gasteiger partial charge in [-0.2, -0.15) is 0 Å². The fraction of sp³-hybridized carbons (Fsp3) is 0.406. The highest BCUT2D eigenvalue weighted by Gasteiger charge is 2.69. The van der Waals surface area contributed by atoms with Crippen molar-refractivity contribution >= 4 is 68.5 Å². The number of anilines is 1. The van der Waals surface area contributed by atoms with Crippen molar-refractivity contribution in [1.82, 2.24) is 4.98 Å². The van der Waals surface area contributed by atoms with Crippen LogP contribution < -0.4 is 14.5 Å². The van der Waals surface area contributed by atoms with Gasteiger partial charge in [0, 0.05) is 26.1 Å². The molecule has 10 nitrogen and oxygen atoms in total. The van der Waals surface area contributed by atoms with Crippen molar-refractivity contribution in [3.63, 3.8) is 0 Å². The van der Waals surface area contributed by atoms with Gasteiger partial charge in [0.25, 0.3) is 0 Å². The number of thioether (sulfide) groups is 1. The number of rotatable bonds is 8. The van der Waals surface area contributed by atoms with Gasteiger partial charge in [-0.05, 0) is 80.5 Å². The molecule has 1 aromatic heterocycles. The maximum atomic E-state index is 14.1. The molecule has 2 aromatic carbocycles. The third kappa shape index (κ3) is 4.94. The lowest BCUT2D eigenvalue weighted by molar-refractivity contribution is -0.145. The number of hydrogen-bond donors (Lipinski definition) is 1. The fourth-order valence-electron chi connectivity index (χ4n) is 7.81. The van der Waals surface area contributed by atoms with Gasteiger partial charge in [0.1, 0.15) is 5.75 Å². The molecule has 2 aliphatic heterocycles. The SMILES string of the molecule is CCOC(=O)COc1ccc(Br)cc1[C@H]1c2sc(=O)[nH]c2SC2C1[C@H]1C[C@@H]2C2C(=O)N(c3ccc(C(=O)OCC)cc3)C(=O)C21. The molecule has 2 amide bonds.